The fraction of sp³-hybridized carbons (Fsp3) is 0.538. The summed E-state index contributed by atoms with van der Waals surface area (Å²) in [6, 6.07) is 0.955. The Kier molecular flexibility index (Phi) is 4.60. The minimum Gasteiger partial charge on any atom is -0.317 e. The van der Waals surface area contributed by atoms with E-state index in [-0.39, 0.29) is 12.0 Å². The molecule has 0 unspecified atom stereocenters. The molecule has 0 atom stereocenters. The zero-order chi connectivity index (χ0) is 15.7. The number of benzene rings is 1. The summed E-state index contributed by atoms with van der Waals surface area (Å²) in [5.74, 6) is -4.73. The molecule has 1 aromatic carbocycles. The molecule has 1 saturated heterocycles. The van der Waals surface area contributed by atoms with Gasteiger partial charge >= 0.3 is 0 Å². The van der Waals surface area contributed by atoms with Crippen LogP contribution in [0.4, 0.5) is 13.2 Å². The highest BCUT2D eigenvalue weighted by Gasteiger charge is 2.29. The molecule has 0 amide bonds. The second-order valence-corrected chi connectivity index (χ2v) is 7.35. The summed E-state index contributed by atoms with van der Waals surface area (Å²) < 4.78 is 65.6. The first-order valence-electron chi connectivity index (χ1n) is 6.58. The van der Waals surface area contributed by atoms with Crippen LogP contribution >= 0.6 is 0 Å². The van der Waals surface area contributed by atoms with Gasteiger partial charge in [0.25, 0.3) is 0 Å². The summed E-state index contributed by atoms with van der Waals surface area (Å²) in [4.78, 5) is -0.614. The smallest absolute Gasteiger partial charge is 0.240 e. The summed E-state index contributed by atoms with van der Waals surface area (Å²) in [5.41, 5.74) is -0.213. The lowest BCUT2D eigenvalue weighted by molar-refractivity contribution is 0.232. The Bertz CT molecular complexity index is 605. The van der Waals surface area contributed by atoms with Crippen LogP contribution in [0.5, 0.6) is 0 Å². The van der Waals surface area contributed by atoms with Gasteiger partial charge in [-0.15, -0.1) is 0 Å². The lowest BCUT2D eigenvalue weighted by Gasteiger charge is -2.34. The van der Waals surface area contributed by atoms with Crippen molar-refractivity contribution in [3.05, 3.63) is 29.6 Å². The summed E-state index contributed by atoms with van der Waals surface area (Å²) in [7, 11) is -4.08. The second kappa shape index (κ2) is 5.94. The minimum atomic E-state index is -4.08. The van der Waals surface area contributed by atoms with Gasteiger partial charge in [-0.25, -0.2) is 26.3 Å². The molecule has 2 rings (SSSR count). The number of rotatable bonds is 4. The number of halogens is 3. The van der Waals surface area contributed by atoms with Crippen molar-refractivity contribution in [2.75, 3.05) is 19.6 Å². The van der Waals surface area contributed by atoms with Gasteiger partial charge in [-0.2, -0.15) is 0 Å². The maximum Gasteiger partial charge on any atom is 0.240 e. The molecule has 2 N–H and O–H groups in total. The van der Waals surface area contributed by atoms with E-state index in [4.69, 9.17) is 0 Å². The lowest BCUT2D eigenvalue weighted by atomic mass is 9.81. The number of hydrogen-bond donors (Lipinski definition) is 2. The summed E-state index contributed by atoms with van der Waals surface area (Å²) in [6.45, 7) is 3.69. The van der Waals surface area contributed by atoms with Crippen LogP contribution in [-0.2, 0) is 10.0 Å². The van der Waals surface area contributed by atoms with E-state index in [0.29, 0.717) is 12.1 Å². The summed E-state index contributed by atoms with van der Waals surface area (Å²) >= 11 is 0. The molecular weight excluding hydrogens is 305 g/mol. The third kappa shape index (κ3) is 3.75. The Hall–Kier alpha value is -1.12. The highest BCUT2D eigenvalue weighted by molar-refractivity contribution is 7.89. The lowest BCUT2D eigenvalue weighted by Crippen LogP contribution is -2.42. The molecule has 4 nitrogen and oxygen atoms in total. The molecule has 1 fully saturated rings. The summed E-state index contributed by atoms with van der Waals surface area (Å²) in [5, 5.41) is 3.17. The van der Waals surface area contributed by atoms with Crippen LogP contribution in [0.2, 0.25) is 0 Å². The van der Waals surface area contributed by atoms with Crippen LogP contribution in [0.25, 0.3) is 0 Å². The molecule has 0 radical (unpaired) electrons. The van der Waals surface area contributed by atoms with Gasteiger partial charge in [-0.05, 0) is 43.5 Å². The minimum absolute atomic E-state index is 0.164. The quantitative estimate of drug-likeness (QED) is 0.831. The topological polar surface area (TPSA) is 58.2 Å². The van der Waals surface area contributed by atoms with E-state index in [9.17, 15) is 21.6 Å². The first-order valence-corrected chi connectivity index (χ1v) is 8.07. The molecule has 0 saturated carbocycles. The van der Waals surface area contributed by atoms with E-state index in [1.54, 1.807) is 0 Å². The molecule has 21 heavy (non-hydrogen) atoms. The van der Waals surface area contributed by atoms with Gasteiger partial charge in [0.1, 0.15) is 0 Å². The van der Waals surface area contributed by atoms with Crippen LogP contribution < -0.4 is 10.0 Å². The number of nitrogens with one attached hydrogen (secondary N) is 2. The molecule has 1 aromatic rings. The van der Waals surface area contributed by atoms with E-state index in [0.717, 1.165) is 25.9 Å². The molecule has 0 aromatic heterocycles. The average molecular weight is 322 g/mol. The number of hydrogen-bond acceptors (Lipinski definition) is 3. The molecular formula is C13H17F3N2O2S. The zero-order valence-electron chi connectivity index (χ0n) is 11.5. The fourth-order valence-electron chi connectivity index (χ4n) is 2.25. The maximum atomic E-state index is 13.1. The van der Waals surface area contributed by atoms with Gasteiger partial charge in [-0.1, -0.05) is 6.92 Å². The van der Waals surface area contributed by atoms with Crippen LogP contribution in [0, 0.1) is 22.9 Å². The Morgan fingerprint density at radius 2 is 1.71 bits per heavy atom. The SMILES string of the molecule is CC1(CNS(=O)(=O)c2cc(F)c(F)c(F)c2)CCNCC1. The average Bonchev–Trinajstić information content (AvgIpc) is 2.43. The number of sulfonamides is 1. The van der Waals surface area contributed by atoms with Crippen LogP contribution in [0.15, 0.2) is 17.0 Å². The Labute approximate surface area is 121 Å². The standard InChI is InChI=1S/C13H17F3N2O2S/c1-13(2-4-17-5-3-13)8-18-21(19,20)9-6-10(14)12(16)11(15)7-9/h6-7,17-18H,2-5,8H2,1H3. The van der Waals surface area contributed by atoms with Crippen molar-refractivity contribution < 1.29 is 21.6 Å². The second-order valence-electron chi connectivity index (χ2n) is 5.59. The van der Waals surface area contributed by atoms with E-state index in [2.05, 4.69) is 10.0 Å². The van der Waals surface area contributed by atoms with Gasteiger partial charge in [0.05, 0.1) is 4.90 Å². The van der Waals surface area contributed by atoms with E-state index < -0.39 is 32.4 Å². The molecule has 8 heteroatoms. The molecule has 1 aliphatic heterocycles. The molecule has 1 aliphatic rings. The van der Waals surface area contributed by atoms with Gasteiger partial charge in [0.2, 0.25) is 10.0 Å². The van der Waals surface area contributed by atoms with Gasteiger partial charge < -0.3 is 5.32 Å². The van der Waals surface area contributed by atoms with E-state index >= 15 is 0 Å². The predicted molar refractivity (Wildman–Crippen MR) is 71.7 cm³/mol. The van der Waals surface area contributed by atoms with Gasteiger partial charge in [0, 0.05) is 6.54 Å². The first kappa shape index (κ1) is 16.3. The van der Waals surface area contributed by atoms with E-state index in [1.807, 2.05) is 6.92 Å². The molecule has 118 valence electrons. The summed E-state index contributed by atoms with van der Waals surface area (Å²) in [6.07, 6.45) is 1.59. The van der Waals surface area contributed by atoms with Crippen LogP contribution in [0.1, 0.15) is 19.8 Å². The predicted octanol–water partition coefficient (Wildman–Crippen LogP) is 1.77. The van der Waals surface area contributed by atoms with Gasteiger partial charge in [-0.3, -0.25) is 0 Å². The first-order chi connectivity index (χ1) is 9.73. The Morgan fingerprint density at radius 1 is 1.19 bits per heavy atom. The van der Waals surface area contributed by atoms with Crippen molar-refractivity contribution in [2.45, 2.75) is 24.7 Å². The highest BCUT2D eigenvalue weighted by atomic mass is 32.2. The maximum absolute atomic E-state index is 13.1. The largest absolute Gasteiger partial charge is 0.317 e. The Morgan fingerprint density at radius 3 is 2.24 bits per heavy atom. The molecule has 0 aliphatic carbocycles. The molecule has 0 bridgehead atoms. The Balaban J connectivity index is 2.15. The highest BCUT2D eigenvalue weighted by Crippen LogP contribution is 2.27. The fourth-order valence-corrected chi connectivity index (χ4v) is 3.47. The van der Waals surface area contributed by atoms with Crippen molar-refractivity contribution in [3.63, 3.8) is 0 Å². The third-order valence-corrected chi connectivity index (χ3v) is 5.15. The molecule has 1 heterocycles. The zero-order valence-corrected chi connectivity index (χ0v) is 12.4. The van der Waals surface area contributed by atoms with Crippen molar-refractivity contribution in [2.24, 2.45) is 5.41 Å². The van der Waals surface area contributed by atoms with Crippen molar-refractivity contribution in [1.82, 2.24) is 10.0 Å². The molecule has 0 spiro atoms. The van der Waals surface area contributed by atoms with Crippen LogP contribution in [-0.4, -0.2) is 28.1 Å². The van der Waals surface area contributed by atoms with Crippen molar-refractivity contribution >= 4 is 10.0 Å². The van der Waals surface area contributed by atoms with Gasteiger partial charge in [0.15, 0.2) is 17.5 Å². The van der Waals surface area contributed by atoms with E-state index in [1.165, 1.54) is 0 Å². The number of piperidine rings is 1. The monoisotopic (exact) mass is 322 g/mol. The van der Waals surface area contributed by atoms with Crippen LogP contribution in [0.3, 0.4) is 0 Å². The normalized spacial score (nSPS) is 18.7. The van der Waals surface area contributed by atoms with Crippen molar-refractivity contribution in [1.29, 1.82) is 0 Å². The third-order valence-electron chi connectivity index (χ3n) is 3.77. The van der Waals surface area contributed by atoms with Crippen molar-refractivity contribution in [3.8, 4) is 0 Å².